The molecule has 2 nitrogen and oxygen atoms in total. The van der Waals surface area contributed by atoms with Gasteiger partial charge in [-0.3, -0.25) is 9.80 Å². The first-order valence-electron chi connectivity index (χ1n) is 5.87. The highest BCUT2D eigenvalue weighted by Crippen LogP contribution is 2.22. The van der Waals surface area contributed by atoms with Crippen LogP contribution in [0.5, 0.6) is 0 Å². The molecule has 1 saturated heterocycles. The highest BCUT2D eigenvalue weighted by molar-refractivity contribution is 4.89. The number of piperazine rings is 1. The Morgan fingerprint density at radius 2 is 1.50 bits per heavy atom. The van der Waals surface area contributed by atoms with Gasteiger partial charge in [-0.25, -0.2) is 0 Å². The van der Waals surface area contributed by atoms with Gasteiger partial charge in [-0.05, 0) is 41.2 Å². The van der Waals surface area contributed by atoms with Crippen LogP contribution in [0.25, 0.3) is 0 Å². The number of hydrogen-bond donors (Lipinski definition) is 0. The molecule has 0 N–H and O–H groups in total. The summed E-state index contributed by atoms with van der Waals surface area (Å²) >= 11 is 0. The third-order valence-electron chi connectivity index (χ3n) is 3.42. The maximum Gasteiger partial charge on any atom is 0.0198 e. The quantitative estimate of drug-likeness (QED) is 0.637. The van der Waals surface area contributed by atoms with Crippen molar-refractivity contribution in [1.29, 1.82) is 0 Å². The molecule has 1 aliphatic heterocycles. The van der Waals surface area contributed by atoms with E-state index >= 15 is 0 Å². The Labute approximate surface area is 89.3 Å². The molecule has 2 atom stereocenters. The molecule has 0 aromatic carbocycles. The van der Waals surface area contributed by atoms with Crippen molar-refractivity contribution in [2.75, 3.05) is 19.6 Å². The lowest BCUT2D eigenvalue weighted by Gasteiger charge is -2.49. The Morgan fingerprint density at radius 3 is 1.79 bits per heavy atom. The molecule has 1 rings (SSSR count). The predicted molar refractivity (Wildman–Crippen MR) is 62.6 cm³/mol. The molecule has 0 aromatic heterocycles. The van der Waals surface area contributed by atoms with Gasteiger partial charge in [0.1, 0.15) is 0 Å². The van der Waals surface area contributed by atoms with Gasteiger partial charge in [0.25, 0.3) is 0 Å². The first-order chi connectivity index (χ1) is 6.36. The van der Waals surface area contributed by atoms with Crippen LogP contribution in [0.1, 0.15) is 41.5 Å². The maximum absolute atomic E-state index is 2.61. The van der Waals surface area contributed by atoms with Crippen LogP contribution in [-0.2, 0) is 0 Å². The Kier molecular flexibility index (Phi) is 3.59. The largest absolute Gasteiger partial charge is 0.296 e. The lowest BCUT2D eigenvalue weighted by molar-refractivity contribution is -0.00245. The van der Waals surface area contributed by atoms with Crippen LogP contribution in [0.3, 0.4) is 0 Å². The van der Waals surface area contributed by atoms with Crippen LogP contribution in [0.15, 0.2) is 0 Å². The van der Waals surface area contributed by atoms with E-state index in [-0.39, 0.29) is 0 Å². The van der Waals surface area contributed by atoms with Gasteiger partial charge in [0.15, 0.2) is 0 Å². The van der Waals surface area contributed by atoms with Gasteiger partial charge in [-0.15, -0.1) is 0 Å². The third-order valence-corrected chi connectivity index (χ3v) is 3.42. The van der Waals surface area contributed by atoms with Gasteiger partial charge < -0.3 is 0 Å². The number of rotatable bonds is 1. The molecule has 14 heavy (non-hydrogen) atoms. The van der Waals surface area contributed by atoms with Crippen molar-refractivity contribution in [1.82, 2.24) is 9.80 Å². The zero-order valence-electron chi connectivity index (χ0n) is 10.7. The summed E-state index contributed by atoms with van der Waals surface area (Å²) < 4.78 is 0. The molecule has 1 fully saturated rings. The summed E-state index contributed by atoms with van der Waals surface area (Å²) in [6.07, 6.45) is 0. The Balaban J connectivity index is 2.65. The van der Waals surface area contributed by atoms with Crippen molar-refractivity contribution in [3.05, 3.63) is 0 Å². The molecule has 2 heteroatoms. The average molecular weight is 198 g/mol. The molecule has 84 valence electrons. The average Bonchev–Trinajstić information content (AvgIpc) is 2.01. The smallest absolute Gasteiger partial charge is 0.0198 e. The van der Waals surface area contributed by atoms with Crippen molar-refractivity contribution in [2.24, 2.45) is 0 Å². The molecule has 1 aliphatic rings. The molecule has 0 bridgehead atoms. The van der Waals surface area contributed by atoms with Crippen molar-refractivity contribution >= 4 is 0 Å². The van der Waals surface area contributed by atoms with E-state index in [0.29, 0.717) is 17.6 Å². The fraction of sp³-hybridized carbons (Fsp3) is 1.00. The van der Waals surface area contributed by atoms with Gasteiger partial charge in [0, 0.05) is 30.7 Å². The lowest BCUT2D eigenvalue weighted by Crippen LogP contribution is -2.60. The molecule has 0 amide bonds. The Hall–Kier alpha value is -0.0800. The van der Waals surface area contributed by atoms with E-state index in [1.807, 2.05) is 0 Å². The van der Waals surface area contributed by atoms with Crippen LogP contribution in [0, 0.1) is 0 Å². The van der Waals surface area contributed by atoms with Gasteiger partial charge in [0.2, 0.25) is 0 Å². The summed E-state index contributed by atoms with van der Waals surface area (Å²) in [5.74, 6) is 0. The van der Waals surface area contributed by atoms with Crippen molar-refractivity contribution in [3.8, 4) is 0 Å². The molecular formula is C12H26N2. The zero-order chi connectivity index (χ0) is 10.9. The zero-order valence-corrected chi connectivity index (χ0v) is 10.7. The summed E-state index contributed by atoms with van der Waals surface area (Å²) in [5.41, 5.74) is 0.322. The van der Waals surface area contributed by atoms with Crippen LogP contribution >= 0.6 is 0 Å². The Morgan fingerprint density at radius 1 is 1.07 bits per heavy atom. The van der Waals surface area contributed by atoms with Crippen LogP contribution < -0.4 is 0 Å². The molecular weight excluding hydrogens is 172 g/mol. The highest BCUT2D eigenvalue weighted by atomic mass is 15.3. The van der Waals surface area contributed by atoms with Gasteiger partial charge in [-0.2, -0.15) is 0 Å². The minimum absolute atomic E-state index is 0.322. The number of hydrogen-bond acceptors (Lipinski definition) is 2. The minimum atomic E-state index is 0.322. The van der Waals surface area contributed by atoms with E-state index in [9.17, 15) is 0 Å². The number of nitrogens with zero attached hydrogens (tertiary/aromatic N) is 2. The summed E-state index contributed by atoms with van der Waals surface area (Å²) in [4.78, 5) is 5.21. The van der Waals surface area contributed by atoms with Gasteiger partial charge >= 0.3 is 0 Å². The third kappa shape index (κ3) is 2.48. The standard InChI is InChI=1S/C12H26N2/c1-7-14-10(2)8-13(9-11(14)3)12(4,5)6/h10-11H,7-9H2,1-6H3. The van der Waals surface area contributed by atoms with Crippen LogP contribution in [0.4, 0.5) is 0 Å². The summed E-state index contributed by atoms with van der Waals surface area (Å²) in [7, 11) is 0. The number of likely N-dealkylation sites (N-methyl/N-ethyl adjacent to an activating group) is 1. The lowest BCUT2D eigenvalue weighted by atomic mass is 9.99. The molecule has 0 aromatic rings. The van der Waals surface area contributed by atoms with Crippen LogP contribution in [0.2, 0.25) is 0 Å². The van der Waals surface area contributed by atoms with Gasteiger partial charge in [0.05, 0.1) is 0 Å². The van der Waals surface area contributed by atoms with E-state index in [1.165, 1.54) is 19.6 Å². The van der Waals surface area contributed by atoms with E-state index in [0.717, 1.165) is 0 Å². The SMILES string of the molecule is CCN1C(C)CN(C(C)(C)C)CC1C. The van der Waals surface area contributed by atoms with Crippen molar-refractivity contribution < 1.29 is 0 Å². The van der Waals surface area contributed by atoms with E-state index in [4.69, 9.17) is 0 Å². The molecule has 0 aliphatic carbocycles. The predicted octanol–water partition coefficient (Wildman–Crippen LogP) is 2.20. The maximum atomic E-state index is 2.61. The van der Waals surface area contributed by atoms with Crippen LogP contribution in [-0.4, -0.2) is 47.1 Å². The molecule has 0 saturated carbocycles. The second-order valence-corrected chi connectivity index (χ2v) is 5.60. The first kappa shape index (κ1) is 12.0. The monoisotopic (exact) mass is 198 g/mol. The van der Waals surface area contributed by atoms with E-state index < -0.39 is 0 Å². The van der Waals surface area contributed by atoms with Crippen molar-refractivity contribution in [2.45, 2.75) is 59.2 Å². The second-order valence-electron chi connectivity index (χ2n) is 5.60. The second kappa shape index (κ2) is 4.19. The fourth-order valence-corrected chi connectivity index (χ4v) is 2.53. The summed E-state index contributed by atoms with van der Waals surface area (Å²) in [6, 6.07) is 1.39. The topological polar surface area (TPSA) is 6.48 Å². The van der Waals surface area contributed by atoms with Gasteiger partial charge in [-0.1, -0.05) is 6.92 Å². The Bertz CT molecular complexity index is 171. The van der Waals surface area contributed by atoms with E-state index in [1.54, 1.807) is 0 Å². The van der Waals surface area contributed by atoms with E-state index in [2.05, 4.69) is 51.3 Å². The first-order valence-corrected chi connectivity index (χ1v) is 5.87. The minimum Gasteiger partial charge on any atom is -0.296 e. The highest BCUT2D eigenvalue weighted by Gasteiger charge is 2.33. The van der Waals surface area contributed by atoms with Crippen molar-refractivity contribution in [3.63, 3.8) is 0 Å². The summed E-state index contributed by atoms with van der Waals surface area (Å²) in [6.45, 7) is 17.5. The summed E-state index contributed by atoms with van der Waals surface area (Å²) in [5, 5.41) is 0. The normalized spacial score (nSPS) is 32.1. The molecule has 0 radical (unpaired) electrons. The molecule has 2 unspecified atom stereocenters. The fourth-order valence-electron chi connectivity index (χ4n) is 2.53. The molecule has 1 heterocycles. The molecule has 0 spiro atoms.